The van der Waals surface area contributed by atoms with Crippen LogP contribution in [0.2, 0.25) is 0 Å². The monoisotopic (exact) mass is 590 g/mol. The van der Waals surface area contributed by atoms with E-state index >= 15 is 0 Å². The fourth-order valence-electron chi connectivity index (χ4n) is 7.47. The van der Waals surface area contributed by atoms with Gasteiger partial charge in [0.15, 0.2) is 0 Å². The standard InChI is InChI=1S/C42H26N2S/c1-2-12-27(13-3-1)43-35-19-7-4-15-33(35)41-31(17-10-21-37(41)43)32-18-11-22-38-42(32)34-16-5-8-20-36(34)44(38)28-24-25-30-29-14-6-9-23-39(29)45-40(30)26-28/h1-26H. The zero-order valence-corrected chi connectivity index (χ0v) is 25.1. The number of hydrogen-bond donors (Lipinski definition) is 0. The summed E-state index contributed by atoms with van der Waals surface area (Å²) in [5.41, 5.74) is 9.76. The molecule has 0 N–H and O–H groups in total. The highest BCUT2D eigenvalue weighted by molar-refractivity contribution is 7.25. The van der Waals surface area contributed by atoms with Crippen molar-refractivity contribution in [1.29, 1.82) is 0 Å². The highest BCUT2D eigenvalue weighted by atomic mass is 32.1. The zero-order valence-electron chi connectivity index (χ0n) is 24.3. The van der Waals surface area contributed by atoms with Gasteiger partial charge in [0, 0.05) is 53.1 Å². The summed E-state index contributed by atoms with van der Waals surface area (Å²) in [5.74, 6) is 0. The van der Waals surface area contributed by atoms with Gasteiger partial charge in [-0.25, -0.2) is 0 Å². The molecule has 210 valence electrons. The average Bonchev–Trinajstić information content (AvgIpc) is 3.76. The predicted octanol–water partition coefficient (Wildman–Crippen LogP) is 11.9. The maximum absolute atomic E-state index is 2.45. The van der Waals surface area contributed by atoms with Gasteiger partial charge in [0.1, 0.15) is 0 Å². The number of benzene rings is 7. The summed E-state index contributed by atoms with van der Waals surface area (Å²) in [4.78, 5) is 0. The molecule has 0 aliphatic heterocycles. The molecule has 3 aromatic heterocycles. The molecule has 0 amide bonds. The number of para-hydroxylation sites is 3. The smallest absolute Gasteiger partial charge is 0.0547 e. The summed E-state index contributed by atoms with van der Waals surface area (Å²) in [7, 11) is 0. The minimum Gasteiger partial charge on any atom is -0.309 e. The molecule has 0 spiro atoms. The zero-order chi connectivity index (χ0) is 29.5. The highest BCUT2D eigenvalue weighted by Crippen LogP contribution is 2.44. The van der Waals surface area contributed by atoms with Gasteiger partial charge in [0.2, 0.25) is 0 Å². The molecule has 0 saturated heterocycles. The molecule has 0 aliphatic carbocycles. The Labute approximate surface area is 263 Å². The van der Waals surface area contributed by atoms with E-state index in [0.717, 1.165) is 0 Å². The van der Waals surface area contributed by atoms with Gasteiger partial charge in [-0.3, -0.25) is 0 Å². The van der Waals surface area contributed by atoms with Gasteiger partial charge >= 0.3 is 0 Å². The number of aromatic nitrogens is 2. The first-order valence-electron chi connectivity index (χ1n) is 15.4. The van der Waals surface area contributed by atoms with Crippen molar-refractivity contribution in [3.05, 3.63) is 158 Å². The van der Waals surface area contributed by atoms with Crippen LogP contribution in [0.5, 0.6) is 0 Å². The van der Waals surface area contributed by atoms with E-state index in [0.29, 0.717) is 0 Å². The van der Waals surface area contributed by atoms with E-state index < -0.39 is 0 Å². The first kappa shape index (κ1) is 24.8. The molecule has 3 heteroatoms. The Balaban J connectivity index is 1.29. The molecular formula is C42H26N2S. The lowest BCUT2D eigenvalue weighted by atomic mass is 9.95. The number of nitrogens with zero attached hydrogens (tertiary/aromatic N) is 2. The van der Waals surface area contributed by atoms with Gasteiger partial charge in [-0.1, -0.05) is 103 Å². The molecule has 10 rings (SSSR count). The molecule has 3 heterocycles. The second-order valence-electron chi connectivity index (χ2n) is 11.7. The maximum Gasteiger partial charge on any atom is 0.0547 e. The fourth-order valence-corrected chi connectivity index (χ4v) is 8.61. The van der Waals surface area contributed by atoms with Crippen LogP contribution >= 0.6 is 11.3 Å². The van der Waals surface area contributed by atoms with Crippen LogP contribution in [0.4, 0.5) is 0 Å². The van der Waals surface area contributed by atoms with E-state index in [1.165, 1.54) is 86.3 Å². The molecular weight excluding hydrogens is 565 g/mol. The molecule has 7 aromatic carbocycles. The third-order valence-electron chi connectivity index (χ3n) is 9.32. The summed E-state index contributed by atoms with van der Waals surface area (Å²) < 4.78 is 7.50. The number of thiophene rings is 1. The van der Waals surface area contributed by atoms with Crippen molar-refractivity contribution < 1.29 is 0 Å². The topological polar surface area (TPSA) is 9.86 Å². The second-order valence-corrected chi connectivity index (χ2v) is 12.8. The molecule has 0 unspecified atom stereocenters. The summed E-state index contributed by atoms with van der Waals surface area (Å²) in [6.45, 7) is 0. The lowest BCUT2D eigenvalue weighted by Crippen LogP contribution is -1.93. The van der Waals surface area contributed by atoms with Crippen LogP contribution < -0.4 is 0 Å². The minimum atomic E-state index is 1.17. The molecule has 0 fully saturated rings. The van der Waals surface area contributed by atoms with E-state index in [9.17, 15) is 0 Å². The van der Waals surface area contributed by atoms with E-state index in [2.05, 4.69) is 167 Å². The van der Waals surface area contributed by atoms with Crippen molar-refractivity contribution in [2.45, 2.75) is 0 Å². The molecule has 2 nitrogen and oxygen atoms in total. The second kappa shape index (κ2) is 9.43. The summed E-state index contributed by atoms with van der Waals surface area (Å²) in [5, 5.41) is 7.76. The van der Waals surface area contributed by atoms with Gasteiger partial charge in [0.25, 0.3) is 0 Å². The molecule has 10 aromatic rings. The third-order valence-corrected chi connectivity index (χ3v) is 10.5. The first-order chi connectivity index (χ1) is 22.3. The van der Waals surface area contributed by atoms with Crippen molar-refractivity contribution in [3.8, 4) is 22.5 Å². The summed E-state index contributed by atoms with van der Waals surface area (Å²) in [6.07, 6.45) is 0. The Hall–Kier alpha value is -5.64. The van der Waals surface area contributed by atoms with Gasteiger partial charge in [0.05, 0.1) is 22.1 Å². The largest absolute Gasteiger partial charge is 0.309 e. The van der Waals surface area contributed by atoms with Crippen molar-refractivity contribution in [1.82, 2.24) is 9.13 Å². The van der Waals surface area contributed by atoms with Crippen molar-refractivity contribution >= 4 is 75.1 Å². The lowest BCUT2D eigenvalue weighted by Gasteiger charge is -2.11. The van der Waals surface area contributed by atoms with Crippen LogP contribution in [0.1, 0.15) is 0 Å². The number of hydrogen-bond acceptors (Lipinski definition) is 1. The summed E-state index contributed by atoms with van der Waals surface area (Å²) >= 11 is 1.87. The van der Waals surface area contributed by atoms with Crippen molar-refractivity contribution in [3.63, 3.8) is 0 Å². The quantitative estimate of drug-likeness (QED) is 0.194. The van der Waals surface area contributed by atoms with Gasteiger partial charge in [-0.05, 0) is 65.7 Å². The van der Waals surface area contributed by atoms with Gasteiger partial charge in [-0.15, -0.1) is 11.3 Å². The van der Waals surface area contributed by atoms with E-state index in [1.54, 1.807) is 0 Å². The highest BCUT2D eigenvalue weighted by Gasteiger charge is 2.20. The molecule has 0 bridgehead atoms. The lowest BCUT2D eigenvalue weighted by molar-refractivity contribution is 1.18. The van der Waals surface area contributed by atoms with Crippen LogP contribution in [0.15, 0.2) is 158 Å². The molecule has 45 heavy (non-hydrogen) atoms. The SMILES string of the molecule is c1ccc(-n2c3ccccc3c3c(-c4cccc5c4c4ccccc4n5-c4ccc5c(c4)sc4ccccc45)cccc32)cc1. The van der Waals surface area contributed by atoms with Crippen LogP contribution in [-0.2, 0) is 0 Å². The van der Waals surface area contributed by atoms with Crippen LogP contribution in [0.3, 0.4) is 0 Å². The minimum absolute atomic E-state index is 1.17. The van der Waals surface area contributed by atoms with E-state index in [-0.39, 0.29) is 0 Å². The predicted molar refractivity (Wildman–Crippen MR) is 193 cm³/mol. The Morgan fingerprint density at radius 2 is 0.844 bits per heavy atom. The number of fused-ring (bicyclic) bond motifs is 9. The van der Waals surface area contributed by atoms with Gasteiger partial charge in [-0.2, -0.15) is 0 Å². The van der Waals surface area contributed by atoms with Crippen LogP contribution in [-0.4, -0.2) is 9.13 Å². The normalized spacial score (nSPS) is 12.0. The van der Waals surface area contributed by atoms with E-state index in [1.807, 2.05) is 11.3 Å². The summed E-state index contributed by atoms with van der Waals surface area (Å²) in [6, 6.07) is 57.6. The Kier molecular flexibility index (Phi) is 5.19. The van der Waals surface area contributed by atoms with Crippen molar-refractivity contribution in [2.24, 2.45) is 0 Å². The Bertz CT molecular complexity index is 2760. The molecule has 0 aliphatic rings. The molecule has 0 radical (unpaired) electrons. The van der Waals surface area contributed by atoms with E-state index in [4.69, 9.17) is 0 Å². The van der Waals surface area contributed by atoms with Crippen molar-refractivity contribution in [2.75, 3.05) is 0 Å². The fraction of sp³-hybridized carbons (Fsp3) is 0. The van der Waals surface area contributed by atoms with Crippen LogP contribution in [0.25, 0.3) is 86.3 Å². The molecule has 0 atom stereocenters. The average molecular weight is 591 g/mol. The third kappa shape index (κ3) is 3.50. The first-order valence-corrected chi connectivity index (χ1v) is 16.2. The van der Waals surface area contributed by atoms with Gasteiger partial charge < -0.3 is 9.13 Å². The maximum atomic E-state index is 2.45. The Morgan fingerprint density at radius 1 is 0.333 bits per heavy atom. The Morgan fingerprint density at radius 3 is 1.51 bits per heavy atom. The van der Waals surface area contributed by atoms with Crippen LogP contribution in [0, 0.1) is 0 Å². The molecule has 0 saturated carbocycles. The number of rotatable bonds is 3.